The molecule has 2 aromatic heterocycles. The molecule has 0 radical (unpaired) electrons. The van der Waals surface area contributed by atoms with Gasteiger partial charge in [0.05, 0.1) is 5.75 Å². The normalized spacial score (nSPS) is 10.8. The average Bonchev–Trinajstić information content (AvgIpc) is 3.43. The lowest BCUT2D eigenvalue weighted by molar-refractivity contribution is -0.116. The summed E-state index contributed by atoms with van der Waals surface area (Å²) in [6.45, 7) is 0. The van der Waals surface area contributed by atoms with Gasteiger partial charge in [0.1, 0.15) is 5.82 Å². The van der Waals surface area contributed by atoms with Crippen molar-refractivity contribution in [1.82, 2.24) is 25.3 Å². The molecule has 0 spiro atoms. The molecule has 4 rings (SSSR count). The third kappa shape index (κ3) is 5.29. The van der Waals surface area contributed by atoms with Crippen LogP contribution in [0, 0.1) is 5.82 Å². The number of hydrogen-bond donors (Lipinski definition) is 2. The number of carbonyl (C=O) groups is 1. The van der Waals surface area contributed by atoms with Crippen molar-refractivity contribution >= 4 is 23.4 Å². The maximum Gasteiger partial charge on any atom is 0.227 e. The van der Waals surface area contributed by atoms with E-state index in [-0.39, 0.29) is 18.1 Å². The highest BCUT2D eigenvalue weighted by Crippen LogP contribution is 2.21. The van der Waals surface area contributed by atoms with Gasteiger partial charge in [0.15, 0.2) is 11.6 Å². The Bertz CT molecular complexity index is 1110. The molecule has 0 aliphatic rings. The lowest BCUT2D eigenvalue weighted by Crippen LogP contribution is -2.12. The van der Waals surface area contributed by atoms with Crippen molar-refractivity contribution in [3.63, 3.8) is 0 Å². The van der Waals surface area contributed by atoms with Gasteiger partial charge in [-0.05, 0) is 24.3 Å². The number of aryl methyl sites for hydroxylation is 1. The molecule has 10 heteroatoms. The number of H-pyrrole nitrogens is 1. The quantitative estimate of drug-likeness (QED) is 0.413. The number of rotatable bonds is 8. The molecule has 152 valence electrons. The summed E-state index contributed by atoms with van der Waals surface area (Å²) in [6, 6.07) is 15.3. The largest absolute Gasteiger partial charge is 0.339 e. The van der Waals surface area contributed by atoms with Crippen LogP contribution in [0.25, 0.3) is 11.4 Å². The first-order valence-corrected chi connectivity index (χ1v) is 10.1. The Kier molecular flexibility index (Phi) is 6.14. The Hall–Kier alpha value is -3.53. The molecule has 4 aromatic rings. The number of anilines is 1. The number of nitrogens with zero attached hydrogens (tertiary/aromatic N) is 4. The van der Waals surface area contributed by atoms with Crippen molar-refractivity contribution in [2.45, 2.75) is 23.8 Å². The zero-order valence-electron chi connectivity index (χ0n) is 15.7. The molecule has 8 nitrogen and oxygen atoms in total. The average molecular weight is 424 g/mol. The first-order chi connectivity index (χ1) is 14.7. The van der Waals surface area contributed by atoms with Gasteiger partial charge in [-0.25, -0.2) is 9.37 Å². The van der Waals surface area contributed by atoms with E-state index < -0.39 is 0 Å². The molecule has 0 fully saturated rings. The Balaban J connectivity index is 1.25. The fourth-order valence-electron chi connectivity index (χ4n) is 2.59. The smallest absolute Gasteiger partial charge is 0.227 e. The highest BCUT2D eigenvalue weighted by atomic mass is 32.2. The lowest BCUT2D eigenvalue weighted by atomic mass is 10.2. The number of amides is 1. The molecule has 2 N–H and O–H groups in total. The van der Waals surface area contributed by atoms with Gasteiger partial charge in [0.25, 0.3) is 0 Å². The van der Waals surface area contributed by atoms with Crippen LogP contribution in [0.1, 0.15) is 18.1 Å². The fourth-order valence-corrected chi connectivity index (χ4v) is 3.23. The monoisotopic (exact) mass is 424 g/mol. The number of halogens is 1. The molecule has 0 aliphatic heterocycles. The van der Waals surface area contributed by atoms with E-state index in [1.165, 1.54) is 36.0 Å². The number of carbonyl (C=O) groups excluding carboxylic acids is 1. The standard InChI is InChI=1S/C20H17FN6O2S/c21-14-6-8-15(9-7-14)22-17(28)10-11-18-23-16(27-29-18)12-30-20-24-19(25-26-20)13-4-2-1-3-5-13/h1-9H,10-12H2,(H,22,28)(H,24,25,26). The summed E-state index contributed by atoms with van der Waals surface area (Å²) in [6.07, 6.45) is 0.483. The number of hydrogen-bond acceptors (Lipinski definition) is 7. The van der Waals surface area contributed by atoms with E-state index in [0.29, 0.717) is 40.6 Å². The summed E-state index contributed by atoms with van der Waals surface area (Å²) in [7, 11) is 0. The first kappa shape index (κ1) is 19.8. The van der Waals surface area contributed by atoms with E-state index in [1.54, 1.807) is 0 Å². The molecule has 2 heterocycles. The van der Waals surface area contributed by atoms with Crippen molar-refractivity contribution in [1.29, 1.82) is 0 Å². The molecule has 1 amide bonds. The van der Waals surface area contributed by atoms with Crippen LogP contribution in [0.3, 0.4) is 0 Å². The van der Waals surface area contributed by atoms with Gasteiger partial charge < -0.3 is 9.84 Å². The van der Waals surface area contributed by atoms with E-state index in [9.17, 15) is 9.18 Å². The Labute approximate surface area is 175 Å². The third-order valence-corrected chi connectivity index (χ3v) is 4.89. The summed E-state index contributed by atoms with van der Waals surface area (Å²) >= 11 is 1.38. The van der Waals surface area contributed by atoms with Crippen molar-refractivity contribution in [3.05, 3.63) is 72.1 Å². The third-order valence-electron chi connectivity index (χ3n) is 4.05. The highest BCUT2D eigenvalue weighted by molar-refractivity contribution is 7.98. The van der Waals surface area contributed by atoms with E-state index in [4.69, 9.17) is 4.52 Å². The second kappa shape index (κ2) is 9.31. The van der Waals surface area contributed by atoms with E-state index >= 15 is 0 Å². The number of nitrogens with one attached hydrogen (secondary N) is 2. The van der Waals surface area contributed by atoms with Crippen molar-refractivity contribution in [3.8, 4) is 11.4 Å². The minimum atomic E-state index is -0.356. The Morgan fingerprint density at radius 1 is 1.10 bits per heavy atom. The number of aromatic amines is 1. The highest BCUT2D eigenvalue weighted by Gasteiger charge is 2.12. The number of aromatic nitrogens is 5. The molecule has 0 saturated heterocycles. The maximum atomic E-state index is 12.9. The molecule has 0 unspecified atom stereocenters. The molecular formula is C20H17FN6O2S. The van der Waals surface area contributed by atoms with Crippen molar-refractivity contribution in [2.75, 3.05) is 5.32 Å². The molecular weight excluding hydrogens is 407 g/mol. The van der Waals surface area contributed by atoms with E-state index in [0.717, 1.165) is 5.56 Å². The topological polar surface area (TPSA) is 110 Å². The SMILES string of the molecule is O=C(CCc1nc(CSc2n[nH]c(-c3ccccc3)n2)no1)Nc1ccc(F)cc1. The van der Waals surface area contributed by atoms with Crippen LogP contribution in [0.2, 0.25) is 0 Å². The maximum absolute atomic E-state index is 12.9. The van der Waals surface area contributed by atoms with Crippen LogP contribution in [-0.2, 0) is 17.0 Å². The predicted molar refractivity (Wildman–Crippen MR) is 109 cm³/mol. The van der Waals surface area contributed by atoms with Crippen LogP contribution in [0.5, 0.6) is 0 Å². The number of thioether (sulfide) groups is 1. The van der Waals surface area contributed by atoms with Gasteiger partial charge in [0, 0.05) is 24.1 Å². The molecule has 0 saturated carbocycles. The Morgan fingerprint density at radius 2 is 1.90 bits per heavy atom. The second-order valence-corrected chi connectivity index (χ2v) is 7.22. The lowest BCUT2D eigenvalue weighted by Gasteiger charge is -2.03. The molecule has 0 aliphatic carbocycles. The van der Waals surface area contributed by atoms with Gasteiger partial charge >= 0.3 is 0 Å². The molecule has 2 aromatic carbocycles. The van der Waals surface area contributed by atoms with E-state index in [2.05, 4.69) is 30.6 Å². The van der Waals surface area contributed by atoms with E-state index in [1.807, 2.05) is 30.3 Å². The molecule has 0 atom stereocenters. The van der Waals surface area contributed by atoms with Gasteiger partial charge in [0.2, 0.25) is 17.0 Å². The zero-order chi connectivity index (χ0) is 20.8. The van der Waals surface area contributed by atoms with Gasteiger partial charge in [-0.1, -0.05) is 47.3 Å². The summed E-state index contributed by atoms with van der Waals surface area (Å²) in [5.41, 5.74) is 1.49. The first-order valence-electron chi connectivity index (χ1n) is 9.13. The van der Waals surface area contributed by atoms with Crippen LogP contribution in [0.15, 0.2) is 64.3 Å². The Morgan fingerprint density at radius 3 is 2.70 bits per heavy atom. The van der Waals surface area contributed by atoms with Crippen LogP contribution < -0.4 is 5.32 Å². The fraction of sp³-hybridized carbons (Fsp3) is 0.150. The van der Waals surface area contributed by atoms with Crippen LogP contribution >= 0.6 is 11.8 Å². The summed E-state index contributed by atoms with van der Waals surface area (Å²) in [5, 5.41) is 14.3. The zero-order valence-corrected chi connectivity index (χ0v) is 16.5. The van der Waals surface area contributed by atoms with Crippen LogP contribution in [-0.4, -0.2) is 31.2 Å². The van der Waals surface area contributed by atoms with Gasteiger partial charge in [-0.3, -0.25) is 9.89 Å². The summed E-state index contributed by atoms with van der Waals surface area (Å²) in [5.74, 6) is 1.44. The minimum Gasteiger partial charge on any atom is -0.339 e. The summed E-state index contributed by atoms with van der Waals surface area (Å²) < 4.78 is 18.1. The van der Waals surface area contributed by atoms with Gasteiger partial charge in [-0.2, -0.15) is 4.98 Å². The minimum absolute atomic E-state index is 0.174. The number of benzene rings is 2. The summed E-state index contributed by atoms with van der Waals surface area (Å²) in [4.78, 5) is 20.7. The van der Waals surface area contributed by atoms with Crippen molar-refractivity contribution < 1.29 is 13.7 Å². The van der Waals surface area contributed by atoms with Crippen LogP contribution in [0.4, 0.5) is 10.1 Å². The molecule has 0 bridgehead atoms. The second-order valence-electron chi connectivity index (χ2n) is 6.28. The molecule has 30 heavy (non-hydrogen) atoms. The van der Waals surface area contributed by atoms with Crippen molar-refractivity contribution in [2.24, 2.45) is 0 Å². The van der Waals surface area contributed by atoms with Gasteiger partial charge in [-0.15, -0.1) is 5.10 Å². The predicted octanol–water partition coefficient (Wildman–Crippen LogP) is 3.86.